The zero-order valence-electron chi connectivity index (χ0n) is 31.6. The highest BCUT2D eigenvalue weighted by molar-refractivity contribution is 6.09. The van der Waals surface area contributed by atoms with Crippen LogP contribution in [0, 0.1) is 6.92 Å². The zero-order chi connectivity index (χ0) is 41.5. The van der Waals surface area contributed by atoms with Crippen LogP contribution in [0.15, 0.2) is 47.7 Å². The number of aromatic nitrogens is 7. The number of halogens is 6. The Morgan fingerprint density at radius 3 is 2.43 bits per heavy atom. The molecule has 6 heterocycles. The van der Waals surface area contributed by atoms with Gasteiger partial charge in [-0.1, -0.05) is 13.3 Å². The average molecular weight is 813 g/mol. The van der Waals surface area contributed by atoms with Crippen molar-refractivity contribution in [3.8, 4) is 28.5 Å². The number of anilines is 3. The van der Waals surface area contributed by atoms with Crippen molar-refractivity contribution in [2.75, 3.05) is 40.9 Å². The number of nitrogens with one attached hydrogen (secondary N) is 1. The van der Waals surface area contributed by atoms with Crippen molar-refractivity contribution in [3.05, 3.63) is 64.5 Å². The highest BCUT2D eigenvalue weighted by Crippen LogP contribution is 2.46. The fourth-order valence-electron chi connectivity index (χ4n) is 7.45. The highest BCUT2D eigenvalue weighted by Gasteiger charge is 2.41. The molecule has 4 aromatic heterocycles. The minimum atomic E-state index is -5.00. The summed E-state index contributed by atoms with van der Waals surface area (Å²) in [6.45, 7) is 3.58. The van der Waals surface area contributed by atoms with Crippen LogP contribution < -0.4 is 25.0 Å². The first-order valence-electron chi connectivity index (χ1n) is 18.6. The van der Waals surface area contributed by atoms with E-state index in [9.17, 15) is 40.7 Å². The Balaban J connectivity index is 1.07. The molecule has 1 aromatic carbocycles. The molecule has 0 spiro atoms. The minimum Gasteiger partial charge on any atom is -0.489 e. The van der Waals surface area contributed by atoms with Gasteiger partial charge in [-0.3, -0.25) is 29.3 Å². The fourth-order valence-corrected chi connectivity index (χ4v) is 7.45. The van der Waals surface area contributed by atoms with Gasteiger partial charge in [-0.05, 0) is 57.4 Å². The van der Waals surface area contributed by atoms with Crippen LogP contribution in [-0.2, 0) is 22.3 Å². The van der Waals surface area contributed by atoms with Crippen molar-refractivity contribution in [1.29, 1.82) is 0 Å². The van der Waals surface area contributed by atoms with E-state index in [-0.39, 0.29) is 80.0 Å². The summed E-state index contributed by atoms with van der Waals surface area (Å²) in [6.07, 6.45) is -5.55. The molecule has 306 valence electrons. The van der Waals surface area contributed by atoms with E-state index in [2.05, 4.69) is 25.1 Å². The molecule has 1 atom stereocenters. The number of aryl methyl sites for hydroxylation is 2. The Morgan fingerprint density at radius 2 is 1.76 bits per heavy atom. The lowest BCUT2D eigenvalue weighted by Gasteiger charge is -2.39. The van der Waals surface area contributed by atoms with Crippen LogP contribution in [0.2, 0.25) is 0 Å². The number of pyridine rings is 2. The van der Waals surface area contributed by atoms with E-state index >= 15 is 0 Å². The molecule has 7 rings (SSSR count). The van der Waals surface area contributed by atoms with Crippen molar-refractivity contribution in [1.82, 2.24) is 34.7 Å². The van der Waals surface area contributed by atoms with Crippen LogP contribution in [0.3, 0.4) is 0 Å². The maximum atomic E-state index is 14.3. The number of hydrogen-bond acceptors (Lipinski definition) is 10. The second-order valence-corrected chi connectivity index (χ2v) is 14.0. The van der Waals surface area contributed by atoms with Crippen molar-refractivity contribution in [3.63, 3.8) is 0 Å². The Bertz CT molecular complexity index is 2420. The number of nitrogens with zero attached hydrogens (tertiary/aromatic N) is 9. The van der Waals surface area contributed by atoms with E-state index in [1.54, 1.807) is 32.9 Å². The van der Waals surface area contributed by atoms with Gasteiger partial charge in [0.25, 0.3) is 5.56 Å². The number of alkyl halides is 6. The number of H-pyrrole nitrogens is 1. The number of ether oxygens (including phenoxy) is 1. The summed E-state index contributed by atoms with van der Waals surface area (Å²) in [6, 6.07) is 5.75. The molecule has 2 amide bonds. The van der Waals surface area contributed by atoms with Gasteiger partial charge in [-0.15, -0.1) is 0 Å². The summed E-state index contributed by atoms with van der Waals surface area (Å²) in [5.41, 5.74) is -0.209. The molecule has 2 aliphatic rings. The number of carbonyl (C=O) groups is 2. The first-order valence-corrected chi connectivity index (χ1v) is 18.6. The second-order valence-electron chi connectivity index (χ2n) is 14.0. The topological polar surface area (TPSA) is 155 Å². The van der Waals surface area contributed by atoms with Crippen LogP contribution in [-0.4, -0.2) is 85.0 Å². The lowest BCUT2D eigenvalue weighted by atomic mass is 10.0. The largest absolute Gasteiger partial charge is 0.489 e. The lowest BCUT2D eigenvalue weighted by molar-refractivity contribution is -0.136. The third kappa shape index (κ3) is 7.78. The molecule has 0 unspecified atom stereocenters. The molecule has 58 heavy (non-hydrogen) atoms. The predicted molar refractivity (Wildman–Crippen MR) is 200 cm³/mol. The number of aromatic amines is 1. The second kappa shape index (κ2) is 15.7. The molecule has 0 radical (unpaired) electrons. The smallest absolute Gasteiger partial charge is 0.417 e. The molecule has 5 aromatic rings. The Hall–Kier alpha value is -6.08. The molecule has 14 nitrogen and oxygen atoms in total. The van der Waals surface area contributed by atoms with Crippen LogP contribution in [0.1, 0.15) is 57.2 Å². The van der Waals surface area contributed by atoms with E-state index in [0.717, 1.165) is 9.47 Å². The Morgan fingerprint density at radius 1 is 0.966 bits per heavy atom. The number of unbranched alkanes of at least 4 members (excludes halogenated alkanes) is 2. The van der Waals surface area contributed by atoms with Crippen molar-refractivity contribution < 1.29 is 40.7 Å². The highest BCUT2D eigenvalue weighted by atomic mass is 19.4. The zero-order valence-corrected chi connectivity index (χ0v) is 31.6. The van der Waals surface area contributed by atoms with E-state index in [1.165, 1.54) is 34.5 Å². The maximum Gasteiger partial charge on any atom is 0.417 e. The number of amides is 2. The summed E-state index contributed by atoms with van der Waals surface area (Å²) < 4.78 is 90.7. The number of hydrogen-bond donors (Lipinski definition) is 1. The number of benzene rings is 1. The fraction of sp³-hybridized carbons (Fsp3) is 0.421. The van der Waals surface area contributed by atoms with Crippen molar-refractivity contribution in [2.45, 2.75) is 77.8 Å². The molecule has 1 N–H and O–H groups in total. The third-order valence-electron chi connectivity index (χ3n) is 10.3. The SMILES string of the molecule is CC[C@@H]1COc2c(ccc3c2c(C(F)(F)F)cc(=O)n3CCCCCC(=O)N2CC(=O)N(CC)c3nc(-c4ccc(-c5ncn[nH]5)nc4C)cnc32)N1CC(F)(F)F. The van der Waals surface area contributed by atoms with E-state index in [4.69, 9.17) is 9.72 Å². The quantitative estimate of drug-likeness (QED) is 0.116. The third-order valence-corrected chi connectivity index (χ3v) is 10.3. The minimum absolute atomic E-state index is 0.00789. The van der Waals surface area contributed by atoms with Gasteiger partial charge in [0.2, 0.25) is 11.8 Å². The maximum absolute atomic E-state index is 14.3. The Kier molecular flexibility index (Phi) is 10.9. The Labute approximate surface area is 326 Å². The van der Waals surface area contributed by atoms with E-state index < -0.39 is 47.4 Å². The van der Waals surface area contributed by atoms with E-state index in [0.29, 0.717) is 47.4 Å². The molecule has 20 heteroatoms. The van der Waals surface area contributed by atoms with Crippen LogP contribution >= 0.6 is 0 Å². The van der Waals surface area contributed by atoms with Gasteiger partial charge in [0.1, 0.15) is 31.7 Å². The van der Waals surface area contributed by atoms with Gasteiger partial charge in [-0.2, -0.15) is 31.4 Å². The molecular weight excluding hydrogens is 774 g/mol. The van der Waals surface area contributed by atoms with Crippen LogP contribution in [0.25, 0.3) is 33.7 Å². The van der Waals surface area contributed by atoms with Crippen LogP contribution in [0.4, 0.5) is 43.7 Å². The average Bonchev–Trinajstić information content (AvgIpc) is 3.72. The van der Waals surface area contributed by atoms with Crippen molar-refractivity contribution in [2.24, 2.45) is 0 Å². The van der Waals surface area contributed by atoms with Gasteiger partial charge in [0.15, 0.2) is 23.2 Å². The van der Waals surface area contributed by atoms with Gasteiger partial charge in [-0.25, -0.2) is 19.9 Å². The molecule has 0 aliphatic carbocycles. The first-order chi connectivity index (χ1) is 27.6. The summed E-state index contributed by atoms with van der Waals surface area (Å²) in [5, 5.41) is 6.12. The molecule has 0 fully saturated rings. The summed E-state index contributed by atoms with van der Waals surface area (Å²) in [7, 11) is 0. The number of likely N-dealkylation sites (N-methyl/N-ethyl adjacent to an activating group) is 1. The van der Waals surface area contributed by atoms with Gasteiger partial charge < -0.3 is 14.2 Å². The normalized spacial score (nSPS) is 15.8. The summed E-state index contributed by atoms with van der Waals surface area (Å²) in [5.74, 6) is -0.182. The van der Waals surface area contributed by atoms with Crippen LogP contribution in [0.5, 0.6) is 5.75 Å². The monoisotopic (exact) mass is 812 g/mol. The van der Waals surface area contributed by atoms with Gasteiger partial charge in [0, 0.05) is 36.8 Å². The van der Waals surface area contributed by atoms with Gasteiger partial charge in [0.05, 0.1) is 40.1 Å². The lowest BCUT2D eigenvalue weighted by Crippen LogP contribution is -2.49. The summed E-state index contributed by atoms with van der Waals surface area (Å²) >= 11 is 0. The first kappa shape index (κ1) is 40.1. The summed E-state index contributed by atoms with van der Waals surface area (Å²) in [4.78, 5) is 61.7. The number of carbonyl (C=O) groups excluding carboxylic acids is 2. The van der Waals surface area contributed by atoms with E-state index in [1.807, 2.05) is 0 Å². The molecular formula is C38H38F6N10O4. The molecule has 0 saturated carbocycles. The van der Waals surface area contributed by atoms with Crippen molar-refractivity contribution >= 4 is 40.0 Å². The standard InChI is InChI=1S/C38H38F6N10O4/c1-4-22-18-58-33-28(54(22)19-37(39,40)41)13-12-27-32(33)24(38(42,43)44)15-30(56)52(27)14-8-6-7-9-29(55)53-17-31(57)51(5-2)36-35(53)45-16-26(49-36)23-10-11-25(48-21(23)3)34-46-20-47-50-34/h10-13,15-16,20,22H,4-9,14,17-19H2,1-3H3,(H,46,47,50)/t22-/m1/s1. The van der Waals surface area contributed by atoms with Gasteiger partial charge >= 0.3 is 12.4 Å². The molecule has 0 saturated heterocycles. The predicted octanol–water partition coefficient (Wildman–Crippen LogP) is 6.47. The number of fused-ring (bicyclic) bond motifs is 4. The molecule has 2 aliphatic heterocycles. The number of rotatable bonds is 11. The molecule has 0 bridgehead atoms.